The standard InChI is InChI=1S/C28H27N5O3/c1-32-24-5-3-2-4-20(24)28(36)33-13-12-19-21-15-17(8-11-23(21)31-25(19)27(32)33)30-26(35)22(29)14-16-6-9-18(34)10-7-16/h2-11,15,22,27,31,34H,12-14,29H2,1H3,(H,30,35). The Bertz CT molecular complexity index is 1490. The van der Waals surface area contributed by atoms with E-state index in [2.05, 4.69) is 15.2 Å². The lowest BCUT2D eigenvalue weighted by molar-refractivity contribution is -0.117. The normalized spacial score (nSPS) is 17.4. The molecule has 2 aliphatic heterocycles. The van der Waals surface area contributed by atoms with Gasteiger partial charge < -0.3 is 30.9 Å². The number of aromatic hydroxyl groups is 1. The van der Waals surface area contributed by atoms with Gasteiger partial charge in [-0.25, -0.2) is 0 Å². The number of nitrogens with one attached hydrogen (secondary N) is 2. The van der Waals surface area contributed by atoms with Gasteiger partial charge >= 0.3 is 0 Å². The first-order valence-corrected chi connectivity index (χ1v) is 12.0. The van der Waals surface area contributed by atoms with Gasteiger partial charge in [0.05, 0.1) is 23.0 Å². The average Bonchev–Trinajstić information content (AvgIpc) is 3.26. The van der Waals surface area contributed by atoms with Gasteiger partial charge in [0.25, 0.3) is 5.91 Å². The Hall–Kier alpha value is -4.30. The minimum absolute atomic E-state index is 0.0496. The number of rotatable bonds is 4. The lowest BCUT2D eigenvalue weighted by Gasteiger charge is -2.46. The van der Waals surface area contributed by atoms with Crippen molar-refractivity contribution < 1.29 is 14.7 Å². The number of fused-ring (bicyclic) bond motifs is 6. The Morgan fingerprint density at radius 3 is 2.75 bits per heavy atom. The molecule has 8 heteroatoms. The number of nitrogens with zero attached hydrogens (tertiary/aromatic N) is 2. The number of hydrogen-bond acceptors (Lipinski definition) is 5. The van der Waals surface area contributed by atoms with Crippen LogP contribution < -0.4 is 16.0 Å². The zero-order valence-electron chi connectivity index (χ0n) is 19.9. The topological polar surface area (TPSA) is 115 Å². The molecule has 3 aromatic carbocycles. The Morgan fingerprint density at radius 2 is 1.94 bits per heavy atom. The van der Waals surface area contributed by atoms with Crippen molar-refractivity contribution in [2.24, 2.45) is 5.73 Å². The molecular weight excluding hydrogens is 454 g/mol. The van der Waals surface area contributed by atoms with E-state index in [9.17, 15) is 14.7 Å². The van der Waals surface area contributed by atoms with Gasteiger partial charge in [0.2, 0.25) is 5.91 Å². The summed E-state index contributed by atoms with van der Waals surface area (Å²) < 4.78 is 0. The maximum absolute atomic E-state index is 13.2. The van der Waals surface area contributed by atoms with E-state index < -0.39 is 6.04 Å². The lowest BCUT2D eigenvalue weighted by Crippen LogP contribution is -2.51. The molecule has 0 spiro atoms. The maximum Gasteiger partial charge on any atom is 0.257 e. The molecule has 2 unspecified atom stereocenters. The molecule has 1 aromatic heterocycles. The van der Waals surface area contributed by atoms with Crippen LogP contribution in [0.5, 0.6) is 5.75 Å². The summed E-state index contributed by atoms with van der Waals surface area (Å²) in [7, 11) is 2.02. The molecule has 2 amide bonds. The van der Waals surface area contributed by atoms with Crippen molar-refractivity contribution >= 4 is 34.1 Å². The van der Waals surface area contributed by atoms with E-state index in [0.717, 1.165) is 45.4 Å². The summed E-state index contributed by atoms with van der Waals surface area (Å²) in [6.07, 6.45) is 0.888. The van der Waals surface area contributed by atoms with Crippen LogP contribution in [0, 0.1) is 0 Å². The summed E-state index contributed by atoms with van der Waals surface area (Å²) >= 11 is 0. The van der Waals surface area contributed by atoms with Crippen molar-refractivity contribution in [3.05, 3.63) is 89.1 Å². The minimum Gasteiger partial charge on any atom is -0.508 e. The number of carbonyl (C=O) groups is 2. The van der Waals surface area contributed by atoms with Crippen LogP contribution in [0.3, 0.4) is 0 Å². The van der Waals surface area contributed by atoms with Crippen molar-refractivity contribution in [1.82, 2.24) is 9.88 Å². The Morgan fingerprint density at radius 1 is 1.17 bits per heavy atom. The van der Waals surface area contributed by atoms with Crippen molar-refractivity contribution in [2.75, 3.05) is 23.8 Å². The van der Waals surface area contributed by atoms with Crippen LogP contribution >= 0.6 is 0 Å². The van der Waals surface area contributed by atoms with Gasteiger partial charge in [0.15, 0.2) is 0 Å². The predicted molar refractivity (Wildman–Crippen MR) is 139 cm³/mol. The van der Waals surface area contributed by atoms with Gasteiger partial charge in [-0.1, -0.05) is 24.3 Å². The van der Waals surface area contributed by atoms with Crippen LogP contribution in [0.1, 0.15) is 33.3 Å². The van der Waals surface area contributed by atoms with Crippen LogP contribution in [0.4, 0.5) is 11.4 Å². The first-order chi connectivity index (χ1) is 17.4. The van der Waals surface area contributed by atoms with Gasteiger partial charge in [-0.15, -0.1) is 0 Å². The largest absolute Gasteiger partial charge is 0.508 e. The van der Waals surface area contributed by atoms with E-state index >= 15 is 0 Å². The highest BCUT2D eigenvalue weighted by Crippen LogP contribution is 2.43. The Balaban J connectivity index is 1.27. The van der Waals surface area contributed by atoms with E-state index in [-0.39, 0.29) is 23.7 Å². The van der Waals surface area contributed by atoms with E-state index in [4.69, 9.17) is 5.73 Å². The predicted octanol–water partition coefficient (Wildman–Crippen LogP) is 3.53. The molecule has 2 aliphatic rings. The number of benzene rings is 3. The molecule has 2 atom stereocenters. The molecular formula is C28H27N5O3. The summed E-state index contributed by atoms with van der Waals surface area (Å²) in [5, 5.41) is 13.4. The number of amides is 2. The summed E-state index contributed by atoms with van der Waals surface area (Å²) in [5.41, 5.74) is 12.5. The fourth-order valence-electron chi connectivity index (χ4n) is 5.42. The number of carbonyl (C=O) groups excluding carboxylic acids is 2. The number of phenols is 1. The van der Waals surface area contributed by atoms with Crippen LogP contribution in [-0.4, -0.2) is 46.4 Å². The second kappa shape index (κ2) is 8.42. The summed E-state index contributed by atoms with van der Waals surface area (Å²) in [6, 6.07) is 19.5. The fraction of sp³-hybridized carbons (Fsp3) is 0.214. The van der Waals surface area contributed by atoms with E-state index in [0.29, 0.717) is 18.7 Å². The molecule has 0 saturated heterocycles. The third-order valence-electron chi connectivity index (χ3n) is 7.23. The number of aromatic nitrogens is 1. The monoisotopic (exact) mass is 481 g/mol. The van der Waals surface area contributed by atoms with Gasteiger partial charge in [0, 0.05) is 30.2 Å². The summed E-state index contributed by atoms with van der Waals surface area (Å²) in [5.74, 6) is -0.0446. The zero-order chi connectivity index (χ0) is 25.0. The second-order valence-electron chi connectivity index (χ2n) is 9.49. The molecule has 182 valence electrons. The Kier molecular flexibility index (Phi) is 5.19. The van der Waals surface area contributed by atoms with Crippen molar-refractivity contribution in [1.29, 1.82) is 0 Å². The molecule has 36 heavy (non-hydrogen) atoms. The third-order valence-corrected chi connectivity index (χ3v) is 7.23. The molecule has 3 heterocycles. The molecule has 0 bridgehead atoms. The van der Waals surface area contributed by atoms with Crippen molar-refractivity contribution in [3.8, 4) is 5.75 Å². The molecule has 5 N–H and O–H groups in total. The quantitative estimate of drug-likeness (QED) is 0.356. The van der Waals surface area contributed by atoms with Crippen molar-refractivity contribution in [2.45, 2.75) is 25.0 Å². The van der Waals surface area contributed by atoms with Crippen LogP contribution in [0.2, 0.25) is 0 Å². The number of aromatic amines is 1. The van der Waals surface area contributed by atoms with Crippen LogP contribution in [0.15, 0.2) is 66.7 Å². The summed E-state index contributed by atoms with van der Waals surface area (Å²) in [6.45, 7) is 0.621. The molecule has 0 saturated carbocycles. The SMILES string of the molecule is CN1c2ccccc2C(=O)N2CCc3c([nH]c4ccc(NC(=O)C(N)Cc5ccc(O)cc5)cc34)C21. The number of anilines is 2. The first kappa shape index (κ1) is 22.2. The highest BCUT2D eigenvalue weighted by molar-refractivity contribution is 6.03. The maximum atomic E-state index is 13.2. The van der Waals surface area contributed by atoms with E-state index in [1.165, 1.54) is 0 Å². The summed E-state index contributed by atoms with van der Waals surface area (Å²) in [4.78, 5) is 33.6. The molecule has 6 rings (SSSR count). The van der Waals surface area contributed by atoms with E-state index in [1.807, 2.05) is 54.4 Å². The Labute approximate surface area is 208 Å². The molecule has 4 aromatic rings. The van der Waals surface area contributed by atoms with Crippen LogP contribution in [-0.2, 0) is 17.6 Å². The number of para-hydroxylation sites is 1. The van der Waals surface area contributed by atoms with Gasteiger partial charge in [-0.2, -0.15) is 0 Å². The third kappa shape index (κ3) is 3.58. The fourth-order valence-corrected chi connectivity index (χ4v) is 5.42. The molecule has 8 nitrogen and oxygen atoms in total. The van der Waals surface area contributed by atoms with Crippen molar-refractivity contribution in [3.63, 3.8) is 0 Å². The van der Waals surface area contributed by atoms with E-state index in [1.54, 1.807) is 24.3 Å². The minimum atomic E-state index is -0.721. The lowest BCUT2D eigenvalue weighted by atomic mass is 9.96. The highest BCUT2D eigenvalue weighted by atomic mass is 16.3. The highest BCUT2D eigenvalue weighted by Gasteiger charge is 2.41. The number of hydrogen-bond donors (Lipinski definition) is 4. The first-order valence-electron chi connectivity index (χ1n) is 12.0. The second-order valence-corrected chi connectivity index (χ2v) is 9.49. The number of H-pyrrole nitrogens is 1. The number of phenolic OH excluding ortho intramolecular Hbond substituents is 1. The molecule has 0 radical (unpaired) electrons. The molecule has 0 fully saturated rings. The van der Waals surface area contributed by atoms with Gasteiger partial charge in [-0.05, 0) is 66.4 Å². The number of nitrogens with two attached hydrogens (primary N) is 1. The molecule has 0 aliphatic carbocycles. The average molecular weight is 482 g/mol. The van der Waals surface area contributed by atoms with Gasteiger partial charge in [-0.3, -0.25) is 9.59 Å². The van der Waals surface area contributed by atoms with Crippen LogP contribution in [0.25, 0.3) is 10.9 Å². The van der Waals surface area contributed by atoms with Gasteiger partial charge in [0.1, 0.15) is 11.9 Å². The zero-order valence-corrected chi connectivity index (χ0v) is 19.9. The smallest absolute Gasteiger partial charge is 0.257 e.